The number of primary amides is 1. The molecule has 2 aromatic heterocycles. The van der Waals surface area contributed by atoms with E-state index in [1.54, 1.807) is 0 Å². The summed E-state index contributed by atoms with van der Waals surface area (Å²) in [4.78, 5) is 32.6. The molecule has 0 aliphatic heterocycles. The van der Waals surface area contributed by atoms with Crippen LogP contribution in [0.25, 0.3) is 21.8 Å². The maximum absolute atomic E-state index is 13.0. The summed E-state index contributed by atoms with van der Waals surface area (Å²) in [6.45, 7) is 1.33. The van der Waals surface area contributed by atoms with Gasteiger partial charge in [0.05, 0.1) is 0 Å². The molecule has 6 nitrogen and oxygen atoms in total. The van der Waals surface area contributed by atoms with Crippen molar-refractivity contribution in [2.75, 3.05) is 13.1 Å². The summed E-state index contributed by atoms with van der Waals surface area (Å²) in [7, 11) is 0. The average molecular weight is 431 g/mol. The van der Waals surface area contributed by atoms with Gasteiger partial charge in [-0.15, -0.1) is 0 Å². The average Bonchev–Trinajstić information content (AvgIpc) is 3.41. The highest BCUT2D eigenvalue weighted by Gasteiger charge is 2.15. The van der Waals surface area contributed by atoms with E-state index in [2.05, 4.69) is 34.2 Å². The third-order valence-corrected chi connectivity index (χ3v) is 6.07. The number of unbranched alkanes of at least 4 members (excludes halogenated alkanes) is 1. The molecule has 6 heteroatoms. The fourth-order valence-corrected chi connectivity index (χ4v) is 4.28. The van der Waals surface area contributed by atoms with Gasteiger partial charge < -0.3 is 20.6 Å². The lowest BCUT2D eigenvalue weighted by Crippen LogP contribution is -2.34. The van der Waals surface area contributed by atoms with Gasteiger partial charge in [-0.3, -0.25) is 9.59 Å². The quantitative estimate of drug-likeness (QED) is 0.309. The lowest BCUT2D eigenvalue weighted by atomic mass is 10.1. The topological polar surface area (TPSA) is 95.0 Å². The lowest BCUT2D eigenvalue weighted by molar-refractivity contribution is -0.131. The smallest absolute Gasteiger partial charge is 0.222 e. The molecule has 2 heterocycles. The lowest BCUT2D eigenvalue weighted by Gasteiger charge is -2.23. The van der Waals surface area contributed by atoms with Crippen LogP contribution in [-0.2, 0) is 22.4 Å². The number of amides is 2. The molecular formula is C26H30N4O2. The van der Waals surface area contributed by atoms with Gasteiger partial charge >= 0.3 is 0 Å². The first-order chi connectivity index (χ1) is 15.6. The van der Waals surface area contributed by atoms with Gasteiger partial charge in [0.1, 0.15) is 0 Å². The Kier molecular flexibility index (Phi) is 6.90. The van der Waals surface area contributed by atoms with Crippen molar-refractivity contribution < 1.29 is 9.59 Å². The van der Waals surface area contributed by atoms with Gasteiger partial charge in [0, 0.05) is 60.1 Å². The van der Waals surface area contributed by atoms with E-state index in [4.69, 9.17) is 5.73 Å². The fraction of sp³-hybridized carbons (Fsp3) is 0.308. The molecule has 0 fully saturated rings. The molecule has 0 spiro atoms. The van der Waals surface area contributed by atoms with Gasteiger partial charge in [-0.05, 0) is 48.9 Å². The van der Waals surface area contributed by atoms with Crippen LogP contribution in [0.15, 0.2) is 60.9 Å². The third kappa shape index (κ3) is 5.19. The second kappa shape index (κ2) is 10.2. The number of hydrogen-bond donors (Lipinski definition) is 3. The van der Waals surface area contributed by atoms with E-state index in [0.29, 0.717) is 38.8 Å². The molecule has 0 atom stereocenters. The highest BCUT2D eigenvalue weighted by molar-refractivity contribution is 5.84. The van der Waals surface area contributed by atoms with Crippen LogP contribution in [0.2, 0.25) is 0 Å². The number of nitrogens with two attached hydrogens (primary N) is 1. The Hall–Kier alpha value is -3.54. The van der Waals surface area contributed by atoms with Crippen molar-refractivity contribution in [1.29, 1.82) is 0 Å². The van der Waals surface area contributed by atoms with E-state index in [0.717, 1.165) is 23.9 Å². The number of benzene rings is 2. The van der Waals surface area contributed by atoms with Gasteiger partial charge in [-0.1, -0.05) is 36.4 Å². The van der Waals surface area contributed by atoms with Crippen LogP contribution >= 0.6 is 0 Å². The Morgan fingerprint density at radius 3 is 1.78 bits per heavy atom. The molecule has 2 amide bonds. The SMILES string of the molecule is NC(=O)CCCCC(=O)N(CCc1c[nH]c2ccccc12)CCc1c[nH]c2ccccc12. The summed E-state index contributed by atoms with van der Waals surface area (Å²) in [6.07, 6.45) is 7.78. The molecule has 0 bridgehead atoms. The van der Waals surface area contributed by atoms with Crippen LogP contribution in [0.1, 0.15) is 36.8 Å². The van der Waals surface area contributed by atoms with Crippen molar-refractivity contribution in [3.8, 4) is 0 Å². The van der Waals surface area contributed by atoms with Gasteiger partial charge in [0.25, 0.3) is 0 Å². The number of para-hydroxylation sites is 2. The number of hydrogen-bond acceptors (Lipinski definition) is 2. The van der Waals surface area contributed by atoms with E-state index in [1.807, 2.05) is 41.6 Å². The molecular weight excluding hydrogens is 400 g/mol. The molecule has 4 rings (SSSR count). The molecule has 2 aromatic carbocycles. The van der Waals surface area contributed by atoms with Crippen LogP contribution in [-0.4, -0.2) is 39.8 Å². The highest BCUT2D eigenvalue weighted by atomic mass is 16.2. The minimum atomic E-state index is -0.312. The summed E-state index contributed by atoms with van der Waals surface area (Å²) >= 11 is 0. The zero-order valence-corrected chi connectivity index (χ0v) is 18.3. The maximum atomic E-state index is 13.0. The van der Waals surface area contributed by atoms with Crippen LogP contribution in [0, 0.1) is 0 Å². The number of nitrogens with zero attached hydrogens (tertiary/aromatic N) is 1. The Bertz CT molecular complexity index is 1130. The number of aromatic amines is 2. The van der Waals surface area contributed by atoms with E-state index < -0.39 is 0 Å². The third-order valence-electron chi connectivity index (χ3n) is 6.07. The van der Waals surface area contributed by atoms with Crippen molar-refractivity contribution >= 4 is 33.6 Å². The van der Waals surface area contributed by atoms with Crippen molar-refractivity contribution in [2.24, 2.45) is 5.73 Å². The standard InChI is InChI=1S/C26H30N4O2/c27-25(31)11-5-6-12-26(32)30(15-13-19-17-28-23-9-3-1-7-21(19)23)16-14-20-18-29-24-10-4-2-8-22(20)24/h1-4,7-10,17-18,28-29H,5-6,11-16H2,(H2,27,31). The molecule has 0 aliphatic rings. The van der Waals surface area contributed by atoms with Gasteiger partial charge in [0.15, 0.2) is 0 Å². The predicted molar refractivity (Wildman–Crippen MR) is 128 cm³/mol. The molecule has 166 valence electrons. The van der Waals surface area contributed by atoms with Crippen molar-refractivity contribution in [3.05, 3.63) is 72.1 Å². The van der Waals surface area contributed by atoms with E-state index >= 15 is 0 Å². The number of carbonyl (C=O) groups is 2. The van der Waals surface area contributed by atoms with Crippen LogP contribution in [0.4, 0.5) is 0 Å². The maximum Gasteiger partial charge on any atom is 0.222 e. The molecule has 0 radical (unpaired) electrons. The molecule has 32 heavy (non-hydrogen) atoms. The summed E-state index contributed by atoms with van der Waals surface area (Å²) in [5.74, 6) is -0.179. The van der Waals surface area contributed by atoms with Crippen molar-refractivity contribution in [2.45, 2.75) is 38.5 Å². The zero-order chi connectivity index (χ0) is 22.3. The number of nitrogens with one attached hydrogen (secondary N) is 2. The molecule has 0 saturated heterocycles. The summed E-state index contributed by atoms with van der Waals surface area (Å²) in [5, 5.41) is 2.41. The monoisotopic (exact) mass is 430 g/mol. The van der Waals surface area contributed by atoms with E-state index in [-0.39, 0.29) is 11.8 Å². The van der Waals surface area contributed by atoms with Crippen LogP contribution < -0.4 is 5.73 Å². The number of fused-ring (bicyclic) bond motifs is 2. The predicted octanol–water partition coefficient (Wildman–Crippen LogP) is 4.31. The number of aromatic nitrogens is 2. The van der Waals surface area contributed by atoms with E-state index in [1.165, 1.54) is 21.9 Å². The van der Waals surface area contributed by atoms with Gasteiger partial charge in [0.2, 0.25) is 11.8 Å². The van der Waals surface area contributed by atoms with Crippen LogP contribution in [0.3, 0.4) is 0 Å². The Labute approximate surface area is 187 Å². The summed E-state index contributed by atoms with van der Waals surface area (Å²) < 4.78 is 0. The minimum absolute atomic E-state index is 0.133. The number of carbonyl (C=O) groups excluding carboxylic acids is 2. The summed E-state index contributed by atoms with van der Waals surface area (Å²) in [5.41, 5.74) is 9.90. The number of rotatable bonds is 11. The first kappa shape index (κ1) is 21.7. The Morgan fingerprint density at radius 1 is 0.750 bits per heavy atom. The highest BCUT2D eigenvalue weighted by Crippen LogP contribution is 2.20. The summed E-state index contributed by atoms with van der Waals surface area (Å²) in [6, 6.07) is 16.5. The molecule has 4 aromatic rings. The second-order valence-corrected chi connectivity index (χ2v) is 8.27. The number of H-pyrrole nitrogens is 2. The Morgan fingerprint density at radius 2 is 1.25 bits per heavy atom. The zero-order valence-electron chi connectivity index (χ0n) is 18.3. The van der Waals surface area contributed by atoms with Crippen molar-refractivity contribution in [1.82, 2.24) is 14.9 Å². The second-order valence-electron chi connectivity index (χ2n) is 8.27. The first-order valence-corrected chi connectivity index (χ1v) is 11.3. The molecule has 0 saturated carbocycles. The Balaban J connectivity index is 1.43. The van der Waals surface area contributed by atoms with Gasteiger partial charge in [-0.2, -0.15) is 0 Å². The molecule has 0 aliphatic carbocycles. The first-order valence-electron chi connectivity index (χ1n) is 11.3. The van der Waals surface area contributed by atoms with Gasteiger partial charge in [-0.25, -0.2) is 0 Å². The van der Waals surface area contributed by atoms with Crippen molar-refractivity contribution in [3.63, 3.8) is 0 Å². The fourth-order valence-electron chi connectivity index (χ4n) is 4.28. The van der Waals surface area contributed by atoms with E-state index in [9.17, 15) is 9.59 Å². The minimum Gasteiger partial charge on any atom is -0.370 e. The largest absolute Gasteiger partial charge is 0.370 e. The molecule has 0 unspecified atom stereocenters. The molecule has 4 N–H and O–H groups in total. The van der Waals surface area contributed by atoms with Crippen LogP contribution in [0.5, 0.6) is 0 Å². The normalized spacial score (nSPS) is 11.2.